The van der Waals surface area contributed by atoms with E-state index in [1.165, 1.54) is 31.5 Å². The van der Waals surface area contributed by atoms with Gasteiger partial charge in [0.05, 0.1) is 12.3 Å². The smallest absolute Gasteiger partial charge is 0.145 e. The fourth-order valence-corrected chi connectivity index (χ4v) is 2.79. The second kappa shape index (κ2) is 5.37. The fraction of sp³-hybridized carbons (Fsp3) is 0.600. The third-order valence-electron chi connectivity index (χ3n) is 3.89. The molecule has 1 atom stereocenters. The lowest BCUT2D eigenvalue weighted by atomic mass is 10.2. The van der Waals surface area contributed by atoms with E-state index in [-0.39, 0.29) is 5.82 Å². The van der Waals surface area contributed by atoms with Gasteiger partial charge in [-0.1, -0.05) is 0 Å². The normalized spacial score (nSPS) is 23.6. The van der Waals surface area contributed by atoms with Crippen LogP contribution in [-0.4, -0.2) is 36.7 Å². The maximum absolute atomic E-state index is 13.2. The number of nitrogens with one attached hydrogen (secondary N) is 1. The van der Waals surface area contributed by atoms with Crippen LogP contribution in [0.4, 0.5) is 10.1 Å². The van der Waals surface area contributed by atoms with Crippen LogP contribution in [-0.2, 0) is 0 Å². The first-order valence-corrected chi connectivity index (χ1v) is 7.19. The number of anilines is 1. The van der Waals surface area contributed by atoms with Gasteiger partial charge in [-0.15, -0.1) is 0 Å². The summed E-state index contributed by atoms with van der Waals surface area (Å²) in [6.45, 7) is 4.73. The van der Waals surface area contributed by atoms with Crippen LogP contribution in [0, 0.1) is 5.82 Å². The highest BCUT2D eigenvalue weighted by molar-refractivity contribution is 5.57. The van der Waals surface area contributed by atoms with Gasteiger partial charge in [-0.05, 0) is 38.3 Å². The van der Waals surface area contributed by atoms with E-state index in [9.17, 15) is 4.39 Å². The third kappa shape index (κ3) is 3.00. The summed E-state index contributed by atoms with van der Waals surface area (Å²) in [5, 5.41) is 3.50. The van der Waals surface area contributed by atoms with Gasteiger partial charge in [0.25, 0.3) is 0 Å². The van der Waals surface area contributed by atoms with Crippen molar-refractivity contribution in [2.45, 2.75) is 38.3 Å². The number of likely N-dealkylation sites (tertiary alicyclic amines) is 1. The number of nitrogens with zero attached hydrogens (tertiary/aromatic N) is 1. The van der Waals surface area contributed by atoms with E-state index < -0.39 is 0 Å². The van der Waals surface area contributed by atoms with Crippen LogP contribution in [0.3, 0.4) is 0 Å². The standard InChI is InChI=1S/C15H21FN2O/c1-2-19-15-9-11(16)3-6-14(15)17-12-7-8-18(10-12)13-4-5-13/h3,6,9,12-13,17H,2,4-5,7-8,10H2,1H3. The van der Waals surface area contributed by atoms with Crippen molar-refractivity contribution in [2.24, 2.45) is 0 Å². The zero-order valence-electron chi connectivity index (χ0n) is 11.4. The lowest BCUT2D eigenvalue weighted by molar-refractivity contribution is 0.325. The average molecular weight is 264 g/mol. The van der Waals surface area contributed by atoms with Gasteiger partial charge in [0, 0.05) is 31.2 Å². The van der Waals surface area contributed by atoms with E-state index in [1.807, 2.05) is 6.92 Å². The van der Waals surface area contributed by atoms with Crippen molar-refractivity contribution in [3.8, 4) is 5.75 Å². The van der Waals surface area contributed by atoms with Gasteiger partial charge in [-0.3, -0.25) is 4.90 Å². The Labute approximate surface area is 113 Å². The Morgan fingerprint density at radius 1 is 1.37 bits per heavy atom. The number of ether oxygens (including phenoxy) is 1. The van der Waals surface area contributed by atoms with Crippen molar-refractivity contribution in [1.29, 1.82) is 0 Å². The number of halogens is 1. The van der Waals surface area contributed by atoms with Crippen LogP contribution < -0.4 is 10.1 Å². The molecule has 1 aromatic rings. The molecule has 1 aromatic carbocycles. The molecule has 3 nitrogen and oxygen atoms in total. The van der Waals surface area contributed by atoms with E-state index >= 15 is 0 Å². The Morgan fingerprint density at radius 3 is 2.95 bits per heavy atom. The molecule has 3 rings (SSSR count). The van der Waals surface area contributed by atoms with Gasteiger partial charge in [0.2, 0.25) is 0 Å². The summed E-state index contributed by atoms with van der Waals surface area (Å²) in [7, 11) is 0. The molecule has 1 aliphatic carbocycles. The summed E-state index contributed by atoms with van der Waals surface area (Å²) in [4.78, 5) is 2.56. The summed E-state index contributed by atoms with van der Waals surface area (Å²) in [6, 6.07) is 5.99. The molecule has 104 valence electrons. The van der Waals surface area contributed by atoms with Crippen molar-refractivity contribution < 1.29 is 9.13 Å². The van der Waals surface area contributed by atoms with E-state index in [2.05, 4.69) is 10.2 Å². The highest BCUT2D eigenvalue weighted by Gasteiger charge is 2.34. The van der Waals surface area contributed by atoms with Crippen molar-refractivity contribution in [3.63, 3.8) is 0 Å². The maximum atomic E-state index is 13.2. The molecule has 0 spiro atoms. The molecule has 2 fully saturated rings. The first kappa shape index (κ1) is 12.7. The lowest BCUT2D eigenvalue weighted by Crippen LogP contribution is -2.27. The van der Waals surface area contributed by atoms with Crippen LogP contribution >= 0.6 is 0 Å². The predicted molar refractivity (Wildman–Crippen MR) is 74.2 cm³/mol. The summed E-state index contributed by atoms with van der Waals surface area (Å²) in [5.41, 5.74) is 0.908. The monoisotopic (exact) mass is 264 g/mol. The highest BCUT2D eigenvalue weighted by Crippen LogP contribution is 2.32. The number of hydrogen-bond acceptors (Lipinski definition) is 3. The Hall–Kier alpha value is -1.29. The molecule has 2 aliphatic rings. The maximum Gasteiger partial charge on any atom is 0.145 e. The molecule has 1 aliphatic heterocycles. The second-order valence-electron chi connectivity index (χ2n) is 5.43. The lowest BCUT2D eigenvalue weighted by Gasteiger charge is -2.18. The van der Waals surface area contributed by atoms with E-state index in [4.69, 9.17) is 4.74 Å². The quantitative estimate of drug-likeness (QED) is 0.885. The molecule has 1 heterocycles. The first-order chi connectivity index (χ1) is 9.26. The number of hydrogen-bond donors (Lipinski definition) is 1. The number of benzene rings is 1. The third-order valence-corrected chi connectivity index (χ3v) is 3.89. The second-order valence-corrected chi connectivity index (χ2v) is 5.43. The van der Waals surface area contributed by atoms with Gasteiger partial charge >= 0.3 is 0 Å². The molecule has 4 heteroatoms. The van der Waals surface area contributed by atoms with Crippen molar-refractivity contribution in [2.75, 3.05) is 25.0 Å². The van der Waals surface area contributed by atoms with Gasteiger partial charge < -0.3 is 10.1 Å². The first-order valence-electron chi connectivity index (χ1n) is 7.19. The van der Waals surface area contributed by atoms with E-state index in [0.717, 1.165) is 24.7 Å². The molecule has 0 aromatic heterocycles. The minimum atomic E-state index is -0.250. The minimum absolute atomic E-state index is 0.250. The largest absolute Gasteiger partial charge is 0.492 e. The average Bonchev–Trinajstić information content (AvgIpc) is 3.14. The number of rotatable bonds is 5. The minimum Gasteiger partial charge on any atom is -0.492 e. The van der Waals surface area contributed by atoms with Crippen LogP contribution in [0.1, 0.15) is 26.2 Å². The zero-order chi connectivity index (χ0) is 13.2. The van der Waals surface area contributed by atoms with Crippen LogP contribution in [0.2, 0.25) is 0 Å². The Balaban J connectivity index is 1.65. The molecule has 19 heavy (non-hydrogen) atoms. The Bertz CT molecular complexity index is 448. The summed E-state index contributed by atoms with van der Waals surface area (Å²) in [6.07, 6.45) is 3.86. The molecular formula is C15H21FN2O. The molecule has 1 unspecified atom stereocenters. The molecule has 0 radical (unpaired) electrons. The van der Waals surface area contributed by atoms with Crippen molar-refractivity contribution in [3.05, 3.63) is 24.0 Å². The Kier molecular flexibility index (Phi) is 3.60. The SMILES string of the molecule is CCOc1cc(F)ccc1NC1CCN(C2CC2)C1. The highest BCUT2D eigenvalue weighted by atomic mass is 19.1. The fourth-order valence-electron chi connectivity index (χ4n) is 2.79. The van der Waals surface area contributed by atoms with Crippen LogP contribution in [0.15, 0.2) is 18.2 Å². The molecule has 1 N–H and O–H groups in total. The molecule has 0 amide bonds. The van der Waals surface area contributed by atoms with E-state index in [0.29, 0.717) is 18.4 Å². The van der Waals surface area contributed by atoms with Gasteiger partial charge in [-0.2, -0.15) is 0 Å². The van der Waals surface area contributed by atoms with Crippen LogP contribution in [0.5, 0.6) is 5.75 Å². The Morgan fingerprint density at radius 2 is 2.21 bits per heavy atom. The molecular weight excluding hydrogens is 243 g/mol. The summed E-state index contributed by atoms with van der Waals surface area (Å²) in [5.74, 6) is 0.368. The summed E-state index contributed by atoms with van der Waals surface area (Å²) >= 11 is 0. The summed E-state index contributed by atoms with van der Waals surface area (Å²) < 4.78 is 18.7. The van der Waals surface area contributed by atoms with Crippen LogP contribution in [0.25, 0.3) is 0 Å². The van der Waals surface area contributed by atoms with Crippen molar-refractivity contribution >= 4 is 5.69 Å². The van der Waals surface area contributed by atoms with Gasteiger partial charge in [0.15, 0.2) is 0 Å². The van der Waals surface area contributed by atoms with Gasteiger partial charge in [-0.25, -0.2) is 4.39 Å². The predicted octanol–water partition coefficient (Wildman–Crippen LogP) is 2.87. The topological polar surface area (TPSA) is 24.5 Å². The van der Waals surface area contributed by atoms with Crippen molar-refractivity contribution in [1.82, 2.24) is 4.90 Å². The molecule has 1 saturated carbocycles. The molecule has 0 bridgehead atoms. The van der Waals surface area contributed by atoms with Gasteiger partial charge in [0.1, 0.15) is 11.6 Å². The molecule has 1 saturated heterocycles. The zero-order valence-corrected chi connectivity index (χ0v) is 11.4. The van der Waals surface area contributed by atoms with E-state index in [1.54, 1.807) is 6.07 Å².